The average Bonchev–Trinajstić information content (AvgIpc) is 2.42. The summed E-state index contributed by atoms with van der Waals surface area (Å²) in [4.78, 5) is 11.1. The first-order chi connectivity index (χ1) is 9.95. The Kier molecular flexibility index (Phi) is 5.02. The lowest BCUT2D eigenvalue weighted by Gasteiger charge is -2.11. The second-order valence-electron chi connectivity index (χ2n) is 5.15. The molecule has 110 valence electrons. The molecule has 0 heterocycles. The number of amides is 1. The molecule has 0 saturated heterocycles. The van der Waals surface area contributed by atoms with Crippen molar-refractivity contribution in [2.45, 2.75) is 27.3 Å². The van der Waals surface area contributed by atoms with Crippen molar-refractivity contribution in [1.29, 1.82) is 0 Å². The molecule has 1 amide bonds. The van der Waals surface area contributed by atoms with Gasteiger partial charge in [0, 0.05) is 29.3 Å². The van der Waals surface area contributed by atoms with E-state index >= 15 is 0 Å². The van der Waals surface area contributed by atoms with E-state index in [1.807, 2.05) is 25.1 Å². The highest BCUT2D eigenvalue weighted by Crippen LogP contribution is 2.21. The molecule has 2 aromatic carbocycles. The molecule has 2 aromatic rings. The third-order valence-electron chi connectivity index (χ3n) is 3.26. The number of benzene rings is 2. The van der Waals surface area contributed by atoms with Gasteiger partial charge in [-0.25, -0.2) is 0 Å². The molecule has 0 aliphatic carbocycles. The predicted molar refractivity (Wildman–Crippen MR) is 91.7 cm³/mol. The minimum atomic E-state index is -0.0517. The van der Waals surface area contributed by atoms with E-state index in [2.05, 4.69) is 51.7 Å². The molecular weight excluding hydrogens is 328 g/mol. The molecule has 0 unspecified atom stereocenters. The molecule has 0 saturated carbocycles. The lowest BCUT2D eigenvalue weighted by atomic mass is 10.1. The summed E-state index contributed by atoms with van der Waals surface area (Å²) in [5, 5.41) is 6.22. The summed E-state index contributed by atoms with van der Waals surface area (Å²) in [5.74, 6) is -0.0517. The van der Waals surface area contributed by atoms with Crippen molar-refractivity contribution in [2.24, 2.45) is 0 Å². The Morgan fingerprint density at radius 2 is 1.86 bits per heavy atom. The van der Waals surface area contributed by atoms with Crippen molar-refractivity contribution in [3.8, 4) is 0 Å². The number of rotatable bonds is 4. The first-order valence-corrected chi connectivity index (χ1v) is 7.62. The molecule has 0 aliphatic heterocycles. The monoisotopic (exact) mass is 346 g/mol. The summed E-state index contributed by atoms with van der Waals surface area (Å²) in [5.41, 5.74) is 5.41. The van der Waals surface area contributed by atoms with Crippen LogP contribution in [0.2, 0.25) is 0 Å². The minimum absolute atomic E-state index is 0.0517. The summed E-state index contributed by atoms with van der Waals surface area (Å²) in [7, 11) is 0. The third kappa shape index (κ3) is 4.33. The molecule has 21 heavy (non-hydrogen) atoms. The number of carbonyl (C=O) groups is 1. The fourth-order valence-corrected chi connectivity index (χ4v) is 2.37. The topological polar surface area (TPSA) is 41.1 Å². The van der Waals surface area contributed by atoms with Gasteiger partial charge in [-0.15, -0.1) is 0 Å². The van der Waals surface area contributed by atoms with Crippen LogP contribution in [0.1, 0.15) is 23.6 Å². The summed E-state index contributed by atoms with van der Waals surface area (Å²) in [6.07, 6.45) is 0. The van der Waals surface area contributed by atoms with E-state index in [1.54, 1.807) is 0 Å². The number of nitrogens with one attached hydrogen (secondary N) is 2. The smallest absolute Gasteiger partial charge is 0.221 e. The maximum absolute atomic E-state index is 11.1. The van der Waals surface area contributed by atoms with E-state index in [-0.39, 0.29) is 5.91 Å². The lowest BCUT2D eigenvalue weighted by molar-refractivity contribution is -0.114. The highest BCUT2D eigenvalue weighted by atomic mass is 79.9. The maximum Gasteiger partial charge on any atom is 0.221 e. The van der Waals surface area contributed by atoms with E-state index in [0.29, 0.717) is 0 Å². The molecule has 0 fully saturated rings. The van der Waals surface area contributed by atoms with E-state index in [4.69, 9.17) is 0 Å². The Balaban J connectivity index is 2.04. The van der Waals surface area contributed by atoms with Crippen LogP contribution in [0.25, 0.3) is 0 Å². The van der Waals surface area contributed by atoms with Crippen LogP contribution >= 0.6 is 15.9 Å². The molecule has 0 atom stereocenters. The largest absolute Gasteiger partial charge is 0.381 e. The molecule has 0 aliphatic rings. The van der Waals surface area contributed by atoms with Gasteiger partial charge in [-0.3, -0.25) is 4.79 Å². The van der Waals surface area contributed by atoms with Crippen molar-refractivity contribution in [2.75, 3.05) is 10.6 Å². The zero-order valence-corrected chi connectivity index (χ0v) is 14.0. The SMILES string of the molecule is CC(=O)Nc1ccc(NCc2ccc(Br)c(C)c2)cc1C. The van der Waals surface area contributed by atoms with Crippen molar-refractivity contribution in [3.05, 3.63) is 57.6 Å². The quantitative estimate of drug-likeness (QED) is 0.846. The minimum Gasteiger partial charge on any atom is -0.381 e. The van der Waals surface area contributed by atoms with Crippen molar-refractivity contribution in [3.63, 3.8) is 0 Å². The molecule has 0 radical (unpaired) electrons. The second-order valence-corrected chi connectivity index (χ2v) is 6.00. The Morgan fingerprint density at radius 3 is 2.48 bits per heavy atom. The molecular formula is C17H19BrN2O. The summed E-state index contributed by atoms with van der Waals surface area (Å²) in [6, 6.07) is 12.3. The van der Waals surface area contributed by atoms with Gasteiger partial charge in [-0.1, -0.05) is 28.1 Å². The fourth-order valence-electron chi connectivity index (χ4n) is 2.12. The van der Waals surface area contributed by atoms with Gasteiger partial charge >= 0.3 is 0 Å². The van der Waals surface area contributed by atoms with Crippen LogP contribution in [0.3, 0.4) is 0 Å². The van der Waals surface area contributed by atoms with E-state index in [1.165, 1.54) is 18.1 Å². The fraction of sp³-hybridized carbons (Fsp3) is 0.235. The van der Waals surface area contributed by atoms with Gasteiger partial charge in [-0.2, -0.15) is 0 Å². The normalized spacial score (nSPS) is 10.3. The van der Waals surface area contributed by atoms with Crippen LogP contribution in [0.4, 0.5) is 11.4 Å². The molecule has 2 N–H and O–H groups in total. The zero-order valence-electron chi connectivity index (χ0n) is 12.5. The van der Waals surface area contributed by atoms with Gasteiger partial charge in [0.25, 0.3) is 0 Å². The molecule has 3 nitrogen and oxygen atoms in total. The van der Waals surface area contributed by atoms with Gasteiger partial charge in [0.15, 0.2) is 0 Å². The number of hydrogen-bond acceptors (Lipinski definition) is 2. The molecule has 0 aromatic heterocycles. The van der Waals surface area contributed by atoms with Crippen LogP contribution in [0.15, 0.2) is 40.9 Å². The summed E-state index contributed by atoms with van der Waals surface area (Å²) in [6.45, 7) is 6.36. The standard InChI is InChI=1S/C17H19BrN2O/c1-11-8-14(4-6-16(11)18)10-19-15-5-7-17(12(2)9-15)20-13(3)21/h4-9,19H,10H2,1-3H3,(H,20,21). The van der Waals surface area contributed by atoms with Gasteiger partial charge in [-0.05, 0) is 54.8 Å². The molecule has 4 heteroatoms. The van der Waals surface area contributed by atoms with Gasteiger partial charge in [0.1, 0.15) is 0 Å². The molecule has 0 spiro atoms. The Labute approximate surface area is 133 Å². The highest BCUT2D eigenvalue weighted by Gasteiger charge is 2.02. The van der Waals surface area contributed by atoms with Crippen LogP contribution < -0.4 is 10.6 Å². The van der Waals surface area contributed by atoms with Crippen LogP contribution in [-0.4, -0.2) is 5.91 Å². The predicted octanol–water partition coefficient (Wildman–Crippen LogP) is 4.64. The first kappa shape index (κ1) is 15.6. The van der Waals surface area contributed by atoms with Gasteiger partial charge in [0.05, 0.1) is 0 Å². The average molecular weight is 347 g/mol. The second kappa shape index (κ2) is 6.76. The Hall–Kier alpha value is -1.81. The zero-order chi connectivity index (χ0) is 15.4. The van der Waals surface area contributed by atoms with E-state index in [9.17, 15) is 4.79 Å². The van der Waals surface area contributed by atoms with Crippen LogP contribution in [0, 0.1) is 13.8 Å². The van der Waals surface area contributed by atoms with Crippen molar-refractivity contribution >= 4 is 33.2 Å². The number of carbonyl (C=O) groups excluding carboxylic acids is 1. The Bertz CT molecular complexity index is 668. The van der Waals surface area contributed by atoms with Crippen LogP contribution in [-0.2, 0) is 11.3 Å². The van der Waals surface area contributed by atoms with Crippen LogP contribution in [0.5, 0.6) is 0 Å². The summed E-state index contributed by atoms with van der Waals surface area (Å²) < 4.78 is 1.13. The van der Waals surface area contributed by atoms with E-state index in [0.717, 1.165) is 28.0 Å². The number of hydrogen-bond donors (Lipinski definition) is 2. The summed E-state index contributed by atoms with van der Waals surface area (Å²) >= 11 is 3.51. The number of aryl methyl sites for hydroxylation is 2. The lowest BCUT2D eigenvalue weighted by Crippen LogP contribution is -2.07. The highest BCUT2D eigenvalue weighted by molar-refractivity contribution is 9.10. The van der Waals surface area contributed by atoms with Crippen molar-refractivity contribution in [1.82, 2.24) is 0 Å². The Morgan fingerprint density at radius 1 is 1.10 bits per heavy atom. The third-order valence-corrected chi connectivity index (χ3v) is 4.15. The number of halogens is 1. The van der Waals surface area contributed by atoms with E-state index < -0.39 is 0 Å². The molecule has 0 bridgehead atoms. The number of anilines is 2. The van der Waals surface area contributed by atoms with Crippen molar-refractivity contribution < 1.29 is 4.79 Å². The first-order valence-electron chi connectivity index (χ1n) is 6.83. The molecule has 2 rings (SSSR count). The van der Waals surface area contributed by atoms with Gasteiger partial charge < -0.3 is 10.6 Å². The maximum atomic E-state index is 11.1. The van der Waals surface area contributed by atoms with Gasteiger partial charge in [0.2, 0.25) is 5.91 Å².